The minimum atomic E-state index is 0.0384. The van der Waals surface area contributed by atoms with E-state index in [-0.39, 0.29) is 10.8 Å². The number of hydrogen-bond donors (Lipinski definition) is 1. The molecule has 110 valence electrons. The normalized spacial score (nSPS) is 13.2. The van der Waals surface area contributed by atoms with E-state index < -0.39 is 0 Å². The van der Waals surface area contributed by atoms with Crippen LogP contribution in [0.2, 0.25) is 0 Å². The maximum absolute atomic E-state index is 4.75. The lowest BCUT2D eigenvalue weighted by atomic mass is 9.86. The second-order valence-corrected chi connectivity index (χ2v) is 7.98. The molecule has 0 aliphatic carbocycles. The topological polar surface area (TPSA) is 28.7 Å². The molecule has 2 aromatic carbocycles. The Bertz CT molecular complexity index is 811. The number of imidazole rings is 1. The molecule has 2 nitrogen and oxygen atoms in total. The molecule has 2 heteroatoms. The van der Waals surface area contributed by atoms with Crippen LogP contribution in [0.4, 0.5) is 0 Å². The van der Waals surface area contributed by atoms with Gasteiger partial charge >= 0.3 is 0 Å². The molecule has 0 spiro atoms. The van der Waals surface area contributed by atoms with Gasteiger partial charge in [0.1, 0.15) is 5.82 Å². The number of aromatic amines is 1. The predicted molar refractivity (Wildman–Crippen MR) is 91.0 cm³/mol. The summed E-state index contributed by atoms with van der Waals surface area (Å²) >= 11 is 0. The lowest BCUT2D eigenvalue weighted by Gasteiger charge is -2.19. The van der Waals surface area contributed by atoms with Gasteiger partial charge in [0, 0.05) is 10.8 Å². The molecule has 0 saturated heterocycles. The Balaban J connectivity index is 2.27. The van der Waals surface area contributed by atoms with Crippen molar-refractivity contribution in [2.24, 2.45) is 0 Å². The fourth-order valence-electron chi connectivity index (χ4n) is 2.63. The molecule has 0 aliphatic rings. The summed E-state index contributed by atoms with van der Waals surface area (Å²) in [7, 11) is 0. The summed E-state index contributed by atoms with van der Waals surface area (Å²) in [6.45, 7) is 13.3. The third-order valence-electron chi connectivity index (χ3n) is 4.05. The number of H-pyrrole nitrogens is 1. The van der Waals surface area contributed by atoms with Gasteiger partial charge in [-0.2, -0.15) is 0 Å². The van der Waals surface area contributed by atoms with E-state index in [1.165, 1.54) is 16.3 Å². The molecule has 0 atom stereocenters. The van der Waals surface area contributed by atoms with Gasteiger partial charge in [0.25, 0.3) is 0 Å². The molecule has 3 rings (SSSR count). The Labute approximate surface area is 126 Å². The van der Waals surface area contributed by atoms with Gasteiger partial charge in [-0.05, 0) is 22.4 Å². The van der Waals surface area contributed by atoms with Crippen molar-refractivity contribution in [1.29, 1.82) is 0 Å². The maximum atomic E-state index is 4.75. The molecule has 0 saturated carbocycles. The van der Waals surface area contributed by atoms with Crippen molar-refractivity contribution < 1.29 is 0 Å². The van der Waals surface area contributed by atoms with Gasteiger partial charge in [-0.15, -0.1) is 0 Å². The molecular formula is C19H24N2. The van der Waals surface area contributed by atoms with Crippen molar-refractivity contribution in [1.82, 2.24) is 9.97 Å². The Morgan fingerprint density at radius 1 is 0.857 bits per heavy atom. The smallest absolute Gasteiger partial charge is 0.112 e. The molecule has 0 amide bonds. The maximum Gasteiger partial charge on any atom is 0.112 e. The molecule has 3 aromatic rings. The number of benzene rings is 2. The van der Waals surface area contributed by atoms with Crippen molar-refractivity contribution in [3.8, 4) is 0 Å². The van der Waals surface area contributed by atoms with Crippen LogP contribution in [0.25, 0.3) is 21.8 Å². The number of hydrogen-bond acceptors (Lipinski definition) is 1. The molecule has 0 aliphatic heterocycles. The van der Waals surface area contributed by atoms with E-state index >= 15 is 0 Å². The lowest BCUT2D eigenvalue weighted by Crippen LogP contribution is -2.12. The van der Waals surface area contributed by atoms with Crippen LogP contribution in [0.1, 0.15) is 52.9 Å². The number of nitrogens with one attached hydrogen (secondary N) is 1. The Morgan fingerprint density at radius 2 is 1.57 bits per heavy atom. The van der Waals surface area contributed by atoms with Gasteiger partial charge < -0.3 is 4.98 Å². The zero-order valence-electron chi connectivity index (χ0n) is 13.8. The van der Waals surface area contributed by atoms with Gasteiger partial charge in [-0.3, -0.25) is 0 Å². The van der Waals surface area contributed by atoms with Crippen LogP contribution in [0.5, 0.6) is 0 Å². The van der Waals surface area contributed by atoms with Crippen molar-refractivity contribution in [3.05, 3.63) is 41.7 Å². The first kappa shape index (κ1) is 14.1. The minimum absolute atomic E-state index is 0.0384. The van der Waals surface area contributed by atoms with E-state index in [1.54, 1.807) is 0 Å². The molecule has 1 heterocycles. The average molecular weight is 280 g/mol. The summed E-state index contributed by atoms with van der Waals surface area (Å²) < 4.78 is 0. The van der Waals surface area contributed by atoms with Crippen LogP contribution in [-0.2, 0) is 10.8 Å². The van der Waals surface area contributed by atoms with Crippen molar-refractivity contribution in [3.63, 3.8) is 0 Å². The average Bonchev–Trinajstić information content (AvgIpc) is 2.81. The van der Waals surface area contributed by atoms with Crippen LogP contribution >= 0.6 is 0 Å². The molecule has 1 aromatic heterocycles. The van der Waals surface area contributed by atoms with Gasteiger partial charge in [-0.1, -0.05) is 65.8 Å². The third-order valence-corrected chi connectivity index (χ3v) is 4.05. The zero-order valence-corrected chi connectivity index (χ0v) is 13.8. The largest absolute Gasteiger partial charge is 0.341 e. The van der Waals surface area contributed by atoms with E-state index in [2.05, 4.69) is 76.9 Å². The van der Waals surface area contributed by atoms with Crippen LogP contribution < -0.4 is 0 Å². The Kier molecular flexibility index (Phi) is 2.91. The van der Waals surface area contributed by atoms with Crippen LogP contribution in [0, 0.1) is 0 Å². The quantitative estimate of drug-likeness (QED) is 0.594. The summed E-state index contributed by atoms with van der Waals surface area (Å²) in [6, 6.07) is 11.1. The molecule has 0 radical (unpaired) electrons. The van der Waals surface area contributed by atoms with E-state index in [4.69, 9.17) is 4.98 Å². The molecule has 0 unspecified atom stereocenters. The van der Waals surface area contributed by atoms with Crippen molar-refractivity contribution in [2.45, 2.75) is 52.4 Å². The van der Waals surface area contributed by atoms with E-state index in [1.807, 2.05) is 0 Å². The molecular weight excluding hydrogens is 256 g/mol. The Morgan fingerprint density at radius 3 is 2.19 bits per heavy atom. The Hall–Kier alpha value is -1.83. The SMILES string of the molecule is CC(C)(C)c1ccc2c(ccc3nc(C(C)(C)C)[nH]c32)c1. The van der Waals surface area contributed by atoms with Crippen molar-refractivity contribution >= 4 is 21.8 Å². The van der Waals surface area contributed by atoms with Gasteiger partial charge in [0.15, 0.2) is 0 Å². The lowest BCUT2D eigenvalue weighted by molar-refractivity contribution is 0.554. The fraction of sp³-hybridized carbons (Fsp3) is 0.421. The highest BCUT2D eigenvalue weighted by atomic mass is 14.9. The summed E-state index contributed by atoms with van der Waals surface area (Å²) in [5.74, 6) is 1.05. The first-order valence-electron chi connectivity index (χ1n) is 7.60. The summed E-state index contributed by atoms with van der Waals surface area (Å²) in [6.07, 6.45) is 0. The predicted octanol–water partition coefficient (Wildman–Crippen LogP) is 5.31. The van der Waals surface area contributed by atoms with Crippen LogP contribution in [-0.4, -0.2) is 9.97 Å². The third kappa shape index (κ3) is 2.44. The van der Waals surface area contributed by atoms with Crippen LogP contribution in [0.3, 0.4) is 0 Å². The zero-order chi connectivity index (χ0) is 15.4. The molecule has 0 fully saturated rings. The number of nitrogens with zero attached hydrogens (tertiary/aromatic N) is 1. The fourth-order valence-corrected chi connectivity index (χ4v) is 2.63. The highest BCUT2D eigenvalue weighted by molar-refractivity contribution is 6.04. The highest BCUT2D eigenvalue weighted by Crippen LogP contribution is 2.31. The molecule has 0 bridgehead atoms. The monoisotopic (exact) mass is 280 g/mol. The van der Waals surface area contributed by atoms with E-state index in [0.717, 1.165) is 16.9 Å². The van der Waals surface area contributed by atoms with Gasteiger partial charge in [0.05, 0.1) is 11.0 Å². The first-order valence-corrected chi connectivity index (χ1v) is 7.60. The molecule has 21 heavy (non-hydrogen) atoms. The van der Waals surface area contributed by atoms with Gasteiger partial charge in [0.2, 0.25) is 0 Å². The first-order chi connectivity index (χ1) is 9.66. The number of rotatable bonds is 0. The van der Waals surface area contributed by atoms with Gasteiger partial charge in [-0.25, -0.2) is 4.98 Å². The highest BCUT2D eigenvalue weighted by Gasteiger charge is 2.19. The second-order valence-electron chi connectivity index (χ2n) is 7.98. The van der Waals surface area contributed by atoms with E-state index in [0.29, 0.717) is 0 Å². The second kappa shape index (κ2) is 4.33. The van der Waals surface area contributed by atoms with Crippen LogP contribution in [0.15, 0.2) is 30.3 Å². The molecule has 1 N–H and O–H groups in total. The van der Waals surface area contributed by atoms with Crippen molar-refractivity contribution in [2.75, 3.05) is 0 Å². The van der Waals surface area contributed by atoms with E-state index in [9.17, 15) is 0 Å². The number of aromatic nitrogens is 2. The standard InChI is InChI=1S/C19H24N2/c1-18(2,3)13-8-9-14-12(11-13)7-10-15-16(14)21-17(20-15)19(4,5)6/h7-11H,1-6H3,(H,20,21). The number of fused-ring (bicyclic) bond motifs is 3. The summed E-state index contributed by atoms with van der Waals surface area (Å²) in [5.41, 5.74) is 3.78. The summed E-state index contributed by atoms with van der Waals surface area (Å²) in [4.78, 5) is 8.28. The minimum Gasteiger partial charge on any atom is -0.341 e. The summed E-state index contributed by atoms with van der Waals surface area (Å²) in [5, 5.41) is 2.53.